The second-order valence-corrected chi connectivity index (χ2v) is 8.91. The number of hydrogen-bond donors (Lipinski definition) is 2. The second kappa shape index (κ2) is 8.92. The van der Waals surface area contributed by atoms with Gasteiger partial charge in [0.1, 0.15) is 11.5 Å². The summed E-state index contributed by atoms with van der Waals surface area (Å²) < 4.78 is 76.6. The minimum absolute atomic E-state index is 0.0642. The Hall–Kier alpha value is -4.10. The maximum atomic E-state index is 13.6. The van der Waals surface area contributed by atoms with E-state index in [0.717, 1.165) is 0 Å². The molecule has 0 aliphatic heterocycles. The summed E-state index contributed by atoms with van der Waals surface area (Å²) in [7, 11) is -3.84. The topological polar surface area (TPSA) is 120 Å². The molecule has 0 aliphatic carbocycles. The average Bonchev–Trinajstić information content (AvgIpc) is 3.28. The number of amides is 1. The number of carbonyl (C=O) groups excluding carboxylic acids is 1. The maximum Gasteiger partial charge on any atom is 0.416 e. The van der Waals surface area contributed by atoms with Crippen LogP contribution in [0.2, 0.25) is 0 Å². The van der Waals surface area contributed by atoms with Gasteiger partial charge in [0.25, 0.3) is 5.91 Å². The summed E-state index contributed by atoms with van der Waals surface area (Å²) >= 11 is 0. The van der Waals surface area contributed by atoms with Gasteiger partial charge in [0.05, 0.1) is 22.3 Å². The first-order valence-corrected chi connectivity index (χ1v) is 11.3. The lowest BCUT2D eigenvalue weighted by Gasteiger charge is -2.10. The highest BCUT2D eigenvalue weighted by Gasteiger charge is 2.32. The highest BCUT2D eigenvalue weighted by atomic mass is 32.2. The Morgan fingerprint density at radius 1 is 1.00 bits per heavy atom. The van der Waals surface area contributed by atoms with E-state index < -0.39 is 39.1 Å². The number of hydrogen-bond acceptors (Lipinski definition) is 5. The van der Waals surface area contributed by atoms with Gasteiger partial charge >= 0.3 is 6.18 Å². The Balaban J connectivity index is 1.55. The molecule has 3 N–H and O–H groups in total. The van der Waals surface area contributed by atoms with Crippen LogP contribution in [0.4, 0.5) is 23.2 Å². The number of primary sulfonamides is 1. The summed E-state index contributed by atoms with van der Waals surface area (Å²) in [4.78, 5) is 12.4. The van der Waals surface area contributed by atoms with Gasteiger partial charge in [-0.3, -0.25) is 4.79 Å². The van der Waals surface area contributed by atoms with Crippen molar-refractivity contribution in [2.75, 3.05) is 5.32 Å². The Bertz CT molecular complexity index is 1520. The molecular formula is C22H15F4N5O3S. The lowest BCUT2D eigenvalue weighted by molar-refractivity contribution is -0.137. The summed E-state index contributed by atoms with van der Waals surface area (Å²) in [5.41, 5.74) is -0.113. The summed E-state index contributed by atoms with van der Waals surface area (Å²) in [6.45, 7) is 0. The van der Waals surface area contributed by atoms with E-state index in [4.69, 9.17) is 5.14 Å². The molecule has 0 saturated carbocycles. The van der Waals surface area contributed by atoms with Gasteiger partial charge < -0.3 is 5.32 Å². The summed E-state index contributed by atoms with van der Waals surface area (Å²) in [6.07, 6.45) is -3.25. The van der Waals surface area contributed by atoms with Crippen molar-refractivity contribution in [2.24, 2.45) is 5.14 Å². The molecular weight excluding hydrogens is 490 g/mol. The van der Waals surface area contributed by atoms with E-state index in [1.54, 1.807) is 18.3 Å². The van der Waals surface area contributed by atoms with Crippen molar-refractivity contribution < 1.29 is 30.8 Å². The van der Waals surface area contributed by atoms with Crippen LogP contribution in [0.1, 0.15) is 15.9 Å². The number of halogens is 4. The average molecular weight is 505 g/mol. The van der Waals surface area contributed by atoms with Gasteiger partial charge in [-0.25, -0.2) is 22.6 Å². The number of carbonyl (C=O) groups is 1. The minimum atomic E-state index is -4.80. The van der Waals surface area contributed by atoms with Crippen molar-refractivity contribution >= 4 is 21.6 Å². The van der Waals surface area contributed by atoms with Gasteiger partial charge in [0.15, 0.2) is 0 Å². The Morgan fingerprint density at radius 2 is 1.71 bits per heavy atom. The molecule has 0 saturated heterocycles. The standard InChI is InChI=1S/C22H15F4N5O3S/c23-16-9-14(8-15(11-16)22(24,25)26)21(32)28-17-3-1-2-13(10-17)20-12-31(30-29-20)18-4-6-19(7-5-18)35(27,33)34/h1-12H,(H,28,32)(H2,27,33,34). The molecule has 0 atom stereocenters. The third-order valence-corrected chi connectivity index (χ3v) is 5.76. The van der Waals surface area contributed by atoms with Crippen LogP contribution in [-0.2, 0) is 16.2 Å². The molecule has 13 heteroatoms. The Labute approximate surface area is 196 Å². The molecule has 180 valence electrons. The number of nitrogens with two attached hydrogens (primary N) is 1. The summed E-state index contributed by atoms with van der Waals surface area (Å²) in [6, 6.07) is 13.5. The van der Waals surface area contributed by atoms with Crippen LogP contribution < -0.4 is 10.5 Å². The largest absolute Gasteiger partial charge is 0.416 e. The van der Waals surface area contributed by atoms with E-state index in [0.29, 0.717) is 35.1 Å². The Kier molecular flexibility index (Phi) is 6.13. The fourth-order valence-electron chi connectivity index (χ4n) is 3.15. The van der Waals surface area contributed by atoms with E-state index >= 15 is 0 Å². The van der Waals surface area contributed by atoms with Crippen molar-refractivity contribution in [2.45, 2.75) is 11.1 Å². The van der Waals surface area contributed by atoms with E-state index in [2.05, 4.69) is 15.6 Å². The minimum Gasteiger partial charge on any atom is -0.322 e. The molecule has 1 amide bonds. The third-order valence-electron chi connectivity index (χ3n) is 4.83. The van der Waals surface area contributed by atoms with Crippen molar-refractivity contribution in [3.05, 3.63) is 89.9 Å². The smallest absolute Gasteiger partial charge is 0.322 e. The van der Waals surface area contributed by atoms with Crippen molar-refractivity contribution in [3.8, 4) is 16.9 Å². The van der Waals surface area contributed by atoms with E-state index in [9.17, 15) is 30.8 Å². The number of nitrogens with one attached hydrogen (secondary N) is 1. The molecule has 0 fully saturated rings. The molecule has 35 heavy (non-hydrogen) atoms. The van der Waals surface area contributed by atoms with Crippen molar-refractivity contribution in [1.82, 2.24) is 15.0 Å². The first kappa shape index (κ1) is 24.0. The SMILES string of the molecule is NS(=O)(=O)c1ccc(-n2cc(-c3cccc(NC(=O)c4cc(F)cc(C(F)(F)F)c4)c3)nn2)cc1. The first-order chi connectivity index (χ1) is 16.4. The van der Waals surface area contributed by atoms with Crippen LogP contribution in [0.3, 0.4) is 0 Å². The molecule has 0 bridgehead atoms. The van der Waals surface area contributed by atoms with E-state index in [1.165, 1.54) is 41.1 Å². The molecule has 1 aromatic heterocycles. The zero-order valence-corrected chi connectivity index (χ0v) is 18.3. The predicted octanol–water partition coefficient (Wildman–Crippen LogP) is 3.99. The number of alkyl halides is 3. The molecule has 8 nitrogen and oxygen atoms in total. The first-order valence-electron chi connectivity index (χ1n) is 9.75. The monoisotopic (exact) mass is 505 g/mol. The number of benzene rings is 3. The number of rotatable bonds is 5. The number of sulfonamides is 1. The summed E-state index contributed by atoms with van der Waals surface area (Å²) in [5, 5.41) is 15.6. The second-order valence-electron chi connectivity index (χ2n) is 7.35. The third kappa shape index (κ3) is 5.53. The molecule has 3 aromatic carbocycles. The molecule has 4 aromatic rings. The van der Waals surface area contributed by atoms with Crippen LogP contribution in [0.15, 0.2) is 77.8 Å². The molecule has 4 rings (SSSR count). The van der Waals surface area contributed by atoms with Crippen LogP contribution in [0.25, 0.3) is 16.9 Å². The van der Waals surface area contributed by atoms with Gasteiger partial charge in [-0.05, 0) is 54.6 Å². The van der Waals surface area contributed by atoms with Crippen LogP contribution in [0.5, 0.6) is 0 Å². The number of nitrogens with zero attached hydrogens (tertiary/aromatic N) is 3. The highest BCUT2D eigenvalue weighted by molar-refractivity contribution is 7.89. The van der Waals surface area contributed by atoms with Gasteiger partial charge in [0.2, 0.25) is 10.0 Å². The molecule has 0 spiro atoms. The van der Waals surface area contributed by atoms with E-state index in [1.807, 2.05) is 0 Å². The van der Waals surface area contributed by atoms with Gasteiger partial charge in [0, 0.05) is 16.8 Å². The molecule has 1 heterocycles. The van der Waals surface area contributed by atoms with Gasteiger partial charge in [-0.1, -0.05) is 17.3 Å². The lowest BCUT2D eigenvalue weighted by Crippen LogP contribution is -2.14. The van der Waals surface area contributed by atoms with Crippen LogP contribution in [0, 0.1) is 5.82 Å². The fraction of sp³-hybridized carbons (Fsp3) is 0.0455. The van der Waals surface area contributed by atoms with Crippen LogP contribution >= 0.6 is 0 Å². The van der Waals surface area contributed by atoms with Crippen LogP contribution in [-0.4, -0.2) is 29.3 Å². The zero-order chi connectivity index (χ0) is 25.4. The quantitative estimate of drug-likeness (QED) is 0.398. The Morgan fingerprint density at radius 3 is 2.37 bits per heavy atom. The highest BCUT2D eigenvalue weighted by Crippen LogP contribution is 2.31. The molecule has 0 unspecified atom stereocenters. The van der Waals surface area contributed by atoms with Crippen molar-refractivity contribution in [3.63, 3.8) is 0 Å². The maximum absolute atomic E-state index is 13.6. The predicted molar refractivity (Wildman–Crippen MR) is 118 cm³/mol. The van der Waals surface area contributed by atoms with Crippen molar-refractivity contribution in [1.29, 1.82) is 0 Å². The lowest BCUT2D eigenvalue weighted by atomic mass is 10.1. The molecule has 0 aliphatic rings. The fourth-order valence-corrected chi connectivity index (χ4v) is 3.67. The van der Waals surface area contributed by atoms with Gasteiger partial charge in [-0.2, -0.15) is 13.2 Å². The zero-order valence-electron chi connectivity index (χ0n) is 17.5. The van der Waals surface area contributed by atoms with E-state index in [-0.39, 0.29) is 10.6 Å². The number of anilines is 1. The summed E-state index contributed by atoms with van der Waals surface area (Å²) in [5.74, 6) is -2.11. The number of aromatic nitrogens is 3. The van der Waals surface area contributed by atoms with Gasteiger partial charge in [-0.15, -0.1) is 5.10 Å². The molecule has 0 radical (unpaired) electrons. The normalized spacial score (nSPS) is 11.9.